The highest BCUT2D eigenvalue weighted by molar-refractivity contribution is 7.09. The fourth-order valence-electron chi connectivity index (χ4n) is 1.94. The maximum Gasteiger partial charge on any atom is 0.431 e. The van der Waals surface area contributed by atoms with Crippen LogP contribution in [-0.2, 0) is 0 Å². The van der Waals surface area contributed by atoms with Crippen LogP contribution in [0.1, 0.15) is 16.8 Å². The second-order valence-electron chi connectivity index (χ2n) is 4.64. The summed E-state index contributed by atoms with van der Waals surface area (Å²) in [5.41, 5.74) is 0.631. The van der Waals surface area contributed by atoms with Gasteiger partial charge in [-0.2, -0.15) is 13.2 Å². The molecule has 0 aliphatic heterocycles. The number of halogens is 4. The van der Waals surface area contributed by atoms with Gasteiger partial charge in [-0.25, -0.2) is 15.0 Å². The molecular formula is C14H9ClF3N3OS. The topological polar surface area (TPSA) is 47.9 Å². The highest BCUT2D eigenvalue weighted by Crippen LogP contribution is 2.38. The summed E-state index contributed by atoms with van der Waals surface area (Å²) in [5, 5.41) is 1.58. The molecule has 1 aromatic carbocycles. The van der Waals surface area contributed by atoms with Crippen molar-refractivity contribution >= 4 is 34.0 Å². The summed E-state index contributed by atoms with van der Waals surface area (Å²) >= 11 is 7.01. The van der Waals surface area contributed by atoms with E-state index < -0.39 is 12.3 Å². The highest BCUT2D eigenvalue weighted by Gasteiger charge is 2.45. The van der Waals surface area contributed by atoms with Crippen LogP contribution in [0.4, 0.5) is 13.2 Å². The summed E-state index contributed by atoms with van der Waals surface area (Å²) in [6, 6.07) is 6.69. The van der Waals surface area contributed by atoms with Crippen LogP contribution in [-0.4, -0.2) is 21.1 Å². The molecule has 2 heterocycles. The molecule has 3 rings (SSSR count). The van der Waals surface area contributed by atoms with E-state index in [0.29, 0.717) is 16.0 Å². The largest absolute Gasteiger partial charge is 0.456 e. The third-order valence-corrected chi connectivity index (χ3v) is 3.97. The van der Waals surface area contributed by atoms with Gasteiger partial charge in [0.1, 0.15) is 5.69 Å². The van der Waals surface area contributed by atoms with Gasteiger partial charge >= 0.3 is 6.18 Å². The van der Waals surface area contributed by atoms with Gasteiger partial charge in [-0.3, -0.25) is 0 Å². The number of aromatic nitrogens is 3. The van der Waals surface area contributed by atoms with Gasteiger partial charge in [0.05, 0.1) is 16.0 Å². The number of thiazole rings is 1. The number of para-hydroxylation sites is 2. The van der Waals surface area contributed by atoms with Crippen LogP contribution in [0.15, 0.2) is 29.6 Å². The molecule has 0 N–H and O–H groups in total. The van der Waals surface area contributed by atoms with Crippen LogP contribution in [0, 0.1) is 6.92 Å². The summed E-state index contributed by atoms with van der Waals surface area (Å²) in [6.45, 7) is 1.62. The van der Waals surface area contributed by atoms with Crippen molar-refractivity contribution in [3.05, 3.63) is 45.5 Å². The van der Waals surface area contributed by atoms with Gasteiger partial charge < -0.3 is 4.74 Å². The highest BCUT2D eigenvalue weighted by atomic mass is 35.5. The van der Waals surface area contributed by atoms with Gasteiger partial charge in [0, 0.05) is 5.38 Å². The molecule has 0 saturated heterocycles. The molecule has 9 heteroatoms. The lowest BCUT2D eigenvalue weighted by molar-refractivity contribution is -0.199. The van der Waals surface area contributed by atoms with Crippen molar-refractivity contribution < 1.29 is 17.9 Å². The maximum atomic E-state index is 13.3. The van der Waals surface area contributed by atoms with Crippen molar-refractivity contribution in [2.24, 2.45) is 0 Å². The fourth-order valence-corrected chi connectivity index (χ4v) is 2.75. The predicted molar refractivity (Wildman–Crippen MR) is 80.8 cm³/mol. The van der Waals surface area contributed by atoms with E-state index in [1.165, 1.54) is 5.38 Å². The van der Waals surface area contributed by atoms with E-state index >= 15 is 0 Å². The average Bonchev–Trinajstić information content (AvgIpc) is 2.89. The molecule has 0 bridgehead atoms. The third kappa shape index (κ3) is 3.37. The third-order valence-electron chi connectivity index (χ3n) is 2.93. The zero-order valence-corrected chi connectivity index (χ0v) is 13.2. The first kappa shape index (κ1) is 15.9. The van der Waals surface area contributed by atoms with Crippen LogP contribution < -0.4 is 4.74 Å². The van der Waals surface area contributed by atoms with Crippen LogP contribution in [0.25, 0.3) is 11.0 Å². The number of nitrogens with zero attached hydrogens (tertiary/aromatic N) is 3. The lowest BCUT2D eigenvalue weighted by Crippen LogP contribution is -2.27. The number of rotatable bonds is 3. The van der Waals surface area contributed by atoms with E-state index in [9.17, 15) is 13.2 Å². The molecular weight excluding hydrogens is 351 g/mol. The number of hydrogen-bond acceptors (Lipinski definition) is 5. The summed E-state index contributed by atoms with van der Waals surface area (Å²) in [7, 11) is 0. The van der Waals surface area contributed by atoms with Crippen molar-refractivity contribution in [2.45, 2.75) is 19.2 Å². The number of benzene rings is 1. The van der Waals surface area contributed by atoms with E-state index in [4.69, 9.17) is 16.3 Å². The Morgan fingerprint density at radius 2 is 1.78 bits per heavy atom. The number of alkyl halides is 3. The molecule has 0 saturated carbocycles. The van der Waals surface area contributed by atoms with Crippen LogP contribution in [0.2, 0.25) is 5.15 Å². The Hall–Kier alpha value is -1.93. The van der Waals surface area contributed by atoms with Crippen molar-refractivity contribution in [3.63, 3.8) is 0 Å². The molecule has 120 valence electrons. The molecule has 0 aliphatic rings. The number of hydrogen-bond donors (Lipinski definition) is 0. The second kappa shape index (κ2) is 5.93. The Labute approximate surface area is 137 Å². The zero-order valence-electron chi connectivity index (χ0n) is 11.6. The maximum absolute atomic E-state index is 13.3. The van der Waals surface area contributed by atoms with Gasteiger partial charge in [0.25, 0.3) is 5.88 Å². The molecule has 0 fully saturated rings. The van der Waals surface area contributed by atoms with Gasteiger partial charge in [-0.1, -0.05) is 23.7 Å². The van der Waals surface area contributed by atoms with Gasteiger partial charge in [-0.05, 0) is 19.1 Å². The minimum Gasteiger partial charge on any atom is -0.456 e. The zero-order chi connectivity index (χ0) is 16.6. The smallest absolute Gasteiger partial charge is 0.431 e. The number of fused-ring (bicyclic) bond motifs is 1. The predicted octanol–water partition coefficient (Wildman–Crippen LogP) is 4.73. The summed E-state index contributed by atoms with van der Waals surface area (Å²) in [6.07, 6.45) is -6.91. The lowest BCUT2D eigenvalue weighted by Gasteiger charge is -2.20. The SMILES string of the molecule is Cc1nc(C(Oc2nc3ccccc3nc2Cl)C(F)(F)F)cs1. The molecule has 4 nitrogen and oxygen atoms in total. The minimum absolute atomic E-state index is 0.231. The fraction of sp³-hybridized carbons (Fsp3) is 0.214. The molecule has 2 aromatic heterocycles. The Morgan fingerprint density at radius 3 is 2.35 bits per heavy atom. The normalized spacial score (nSPS) is 13.3. The quantitative estimate of drug-likeness (QED) is 0.678. The Kier molecular flexibility index (Phi) is 4.11. The lowest BCUT2D eigenvalue weighted by atomic mass is 10.2. The Bertz CT molecular complexity index is 853. The van der Waals surface area contributed by atoms with Crippen molar-refractivity contribution in [1.29, 1.82) is 0 Å². The first-order valence-electron chi connectivity index (χ1n) is 6.42. The van der Waals surface area contributed by atoms with Gasteiger partial charge in [-0.15, -0.1) is 11.3 Å². The van der Waals surface area contributed by atoms with E-state index in [2.05, 4.69) is 15.0 Å². The van der Waals surface area contributed by atoms with Crippen LogP contribution in [0.3, 0.4) is 0 Å². The minimum atomic E-state index is -4.66. The summed E-state index contributed by atoms with van der Waals surface area (Å²) in [5.74, 6) is -0.377. The first-order valence-corrected chi connectivity index (χ1v) is 7.68. The molecule has 3 aromatic rings. The molecule has 0 radical (unpaired) electrons. The first-order chi connectivity index (χ1) is 10.8. The van der Waals surface area contributed by atoms with Crippen molar-refractivity contribution in [2.75, 3.05) is 0 Å². The molecule has 0 amide bonds. The van der Waals surface area contributed by atoms with E-state index in [0.717, 1.165) is 11.3 Å². The van der Waals surface area contributed by atoms with E-state index in [-0.39, 0.29) is 16.7 Å². The summed E-state index contributed by atoms with van der Waals surface area (Å²) in [4.78, 5) is 11.9. The Balaban J connectivity index is 2.01. The Morgan fingerprint density at radius 1 is 1.13 bits per heavy atom. The van der Waals surface area contributed by atoms with Crippen molar-refractivity contribution in [1.82, 2.24) is 15.0 Å². The summed E-state index contributed by atoms with van der Waals surface area (Å²) < 4.78 is 44.9. The van der Waals surface area contributed by atoms with Crippen LogP contribution in [0.5, 0.6) is 5.88 Å². The number of ether oxygens (including phenoxy) is 1. The van der Waals surface area contributed by atoms with Gasteiger partial charge in [0.15, 0.2) is 5.15 Å². The molecule has 23 heavy (non-hydrogen) atoms. The molecule has 0 aliphatic carbocycles. The second-order valence-corrected chi connectivity index (χ2v) is 6.06. The van der Waals surface area contributed by atoms with E-state index in [1.807, 2.05) is 0 Å². The molecule has 1 unspecified atom stereocenters. The van der Waals surface area contributed by atoms with Gasteiger partial charge in [0.2, 0.25) is 6.10 Å². The molecule has 0 spiro atoms. The average molecular weight is 360 g/mol. The molecule has 1 atom stereocenters. The van der Waals surface area contributed by atoms with E-state index in [1.54, 1.807) is 31.2 Å². The van der Waals surface area contributed by atoms with Crippen LogP contribution >= 0.6 is 22.9 Å². The monoisotopic (exact) mass is 359 g/mol. The standard InChI is InChI=1S/C14H9ClF3N3OS/c1-7-19-10(6-23-7)11(14(16,17)18)22-13-12(15)20-8-4-2-3-5-9(8)21-13/h2-6,11H,1H3. The van der Waals surface area contributed by atoms with Crippen molar-refractivity contribution in [3.8, 4) is 5.88 Å². The number of aryl methyl sites for hydroxylation is 1.